The molecule has 0 fully saturated rings. The summed E-state index contributed by atoms with van der Waals surface area (Å²) in [4.78, 5) is 4.08. The van der Waals surface area contributed by atoms with Crippen molar-refractivity contribution in [3.63, 3.8) is 0 Å². The molecule has 1 heterocycles. The molecular weight excluding hydrogens is 308 g/mol. The maximum Gasteiger partial charge on any atom is 0.254 e. The average molecular weight is 311 g/mol. The Labute approximate surface area is 84.1 Å². The van der Waals surface area contributed by atoms with E-state index < -0.39 is 29.3 Å². The fraction of sp³-hybridized carbons (Fsp3) is 0.167. The number of alkyl halides is 1. The van der Waals surface area contributed by atoms with Gasteiger partial charge in [-0.05, 0) is 4.93 Å². The van der Waals surface area contributed by atoms with Crippen LogP contribution < -0.4 is 0 Å². The second kappa shape index (κ2) is 5.30. The van der Waals surface area contributed by atoms with Crippen LogP contribution in [0.5, 0.6) is 0 Å². The number of pyridine rings is 1. The van der Waals surface area contributed by atoms with Gasteiger partial charge >= 0.3 is 0 Å². The third-order valence-corrected chi connectivity index (χ3v) is 0.944. The zero-order chi connectivity index (χ0) is 10.6. The molecule has 0 saturated carbocycles. The van der Waals surface area contributed by atoms with Crippen molar-refractivity contribution in [3.8, 4) is 0 Å². The molecule has 1 aromatic rings. The number of halogens is 6. The SMILES string of the molecule is CI.Fc1nc(F)c(F)c(F)c1F. The summed E-state index contributed by atoms with van der Waals surface area (Å²) in [7, 11) is 0. The van der Waals surface area contributed by atoms with E-state index in [-0.39, 0.29) is 0 Å². The molecule has 1 rings (SSSR count). The third kappa shape index (κ3) is 2.75. The number of rotatable bonds is 0. The second-order valence-electron chi connectivity index (χ2n) is 1.64. The van der Waals surface area contributed by atoms with Crippen LogP contribution in [0.25, 0.3) is 0 Å². The fourth-order valence-corrected chi connectivity index (χ4v) is 0.462. The van der Waals surface area contributed by atoms with Crippen molar-refractivity contribution in [2.75, 3.05) is 4.93 Å². The Balaban J connectivity index is 0.000000671. The molecule has 0 amide bonds. The van der Waals surface area contributed by atoms with Crippen LogP contribution in [-0.4, -0.2) is 9.91 Å². The van der Waals surface area contributed by atoms with Crippen molar-refractivity contribution < 1.29 is 22.0 Å². The molecule has 7 heteroatoms. The second-order valence-corrected chi connectivity index (χ2v) is 1.64. The third-order valence-electron chi connectivity index (χ3n) is 0.944. The van der Waals surface area contributed by atoms with Crippen molar-refractivity contribution in [1.29, 1.82) is 0 Å². The average Bonchev–Trinajstić information content (AvgIpc) is 2.15. The summed E-state index contributed by atoms with van der Waals surface area (Å²) in [5, 5.41) is 0. The first-order chi connectivity index (χ1) is 6.04. The Kier molecular flexibility index (Phi) is 5.11. The molecule has 13 heavy (non-hydrogen) atoms. The van der Waals surface area contributed by atoms with Gasteiger partial charge in [-0.1, -0.05) is 22.6 Å². The molecule has 0 radical (unpaired) electrons. The Hall–Kier alpha value is -0.470. The molecule has 0 N–H and O–H groups in total. The highest BCUT2D eigenvalue weighted by Gasteiger charge is 2.19. The molecule has 1 aromatic heterocycles. The minimum absolute atomic E-state index is 1.97. The van der Waals surface area contributed by atoms with E-state index in [0.717, 1.165) is 0 Å². The molecule has 0 aliphatic rings. The highest BCUT2D eigenvalue weighted by molar-refractivity contribution is 14.1. The topological polar surface area (TPSA) is 12.9 Å². The first-order valence-electron chi connectivity index (χ1n) is 2.77. The van der Waals surface area contributed by atoms with Crippen molar-refractivity contribution >= 4 is 22.6 Å². The van der Waals surface area contributed by atoms with Gasteiger partial charge in [0.05, 0.1) is 0 Å². The summed E-state index contributed by atoms with van der Waals surface area (Å²) >= 11 is 2.15. The van der Waals surface area contributed by atoms with E-state index in [1.807, 2.05) is 4.93 Å². The lowest BCUT2D eigenvalue weighted by molar-refractivity contribution is 0.348. The predicted octanol–water partition coefficient (Wildman–Crippen LogP) is 2.83. The van der Waals surface area contributed by atoms with Gasteiger partial charge < -0.3 is 0 Å². The van der Waals surface area contributed by atoms with Crippen LogP contribution in [-0.2, 0) is 0 Å². The maximum absolute atomic E-state index is 12.0. The van der Waals surface area contributed by atoms with Crippen molar-refractivity contribution in [2.24, 2.45) is 0 Å². The zero-order valence-corrected chi connectivity index (χ0v) is 8.37. The Morgan fingerprint density at radius 3 is 1.38 bits per heavy atom. The van der Waals surface area contributed by atoms with Crippen molar-refractivity contribution in [1.82, 2.24) is 4.98 Å². The van der Waals surface area contributed by atoms with Gasteiger partial charge in [-0.25, -0.2) is 4.39 Å². The quantitative estimate of drug-likeness (QED) is 0.311. The molecule has 0 aliphatic carbocycles. The maximum atomic E-state index is 12.0. The lowest BCUT2D eigenvalue weighted by Gasteiger charge is -1.95. The van der Waals surface area contributed by atoms with Crippen LogP contribution in [0.3, 0.4) is 0 Å². The van der Waals surface area contributed by atoms with E-state index >= 15 is 0 Å². The van der Waals surface area contributed by atoms with E-state index in [2.05, 4.69) is 27.6 Å². The number of nitrogens with zero attached hydrogens (tertiary/aromatic N) is 1. The minimum atomic E-state index is -2.20. The lowest BCUT2D eigenvalue weighted by atomic mass is 10.4. The Morgan fingerprint density at radius 2 is 1.08 bits per heavy atom. The summed E-state index contributed by atoms with van der Waals surface area (Å²) in [5.74, 6) is -10.4. The summed E-state index contributed by atoms with van der Waals surface area (Å²) < 4.78 is 59.7. The first-order valence-corrected chi connectivity index (χ1v) is 4.93. The van der Waals surface area contributed by atoms with Gasteiger partial charge in [-0.15, -0.1) is 0 Å². The largest absolute Gasteiger partial charge is 0.254 e. The molecule has 0 bridgehead atoms. The van der Waals surface area contributed by atoms with E-state index in [9.17, 15) is 22.0 Å². The predicted molar refractivity (Wildman–Crippen MR) is 44.0 cm³/mol. The van der Waals surface area contributed by atoms with Crippen molar-refractivity contribution in [3.05, 3.63) is 29.3 Å². The van der Waals surface area contributed by atoms with Gasteiger partial charge in [0.1, 0.15) is 0 Å². The smallest absolute Gasteiger partial charge is 0.200 e. The standard InChI is InChI=1S/C5F5N.CH3I/c6-1-2(7)4(9)11-5(10)3(1)8;1-2/h;1H3. The number of hydrogen-bond donors (Lipinski definition) is 0. The summed E-state index contributed by atoms with van der Waals surface area (Å²) in [6.45, 7) is 0. The molecule has 0 aromatic carbocycles. The molecule has 74 valence electrons. The summed E-state index contributed by atoms with van der Waals surface area (Å²) in [6.07, 6.45) is 0. The fourth-order valence-electron chi connectivity index (χ4n) is 0.462. The lowest BCUT2D eigenvalue weighted by Crippen LogP contribution is -2.03. The zero-order valence-electron chi connectivity index (χ0n) is 6.22. The van der Waals surface area contributed by atoms with Crippen LogP contribution in [0.1, 0.15) is 0 Å². The first kappa shape index (κ1) is 12.5. The summed E-state index contributed by atoms with van der Waals surface area (Å²) in [5.41, 5.74) is 0. The number of hydrogen-bond acceptors (Lipinski definition) is 1. The van der Waals surface area contributed by atoms with Crippen LogP contribution in [0.15, 0.2) is 0 Å². The minimum Gasteiger partial charge on any atom is -0.200 e. The van der Waals surface area contributed by atoms with Gasteiger partial charge in [0.25, 0.3) is 11.9 Å². The Bertz CT molecular complexity index is 277. The summed E-state index contributed by atoms with van der Waals surface area (Å²) in [6, 6.07) is 0. The van der Waals surface area contributed by atoms with Gasteiger partial charge in [0.2, 0.25) is 17.5 Å². The van der Waals surface area contributed by atoms with Gasteiger partial charge in [-0.2, -0.15) is 22.5 Å². The molecular formula is C6H3F5IN. The Morgan fingerprint density at radius 1 is 0.769 bits per heavy atom. The van der Waals surface area contributed by atoms with E-state index in [1.165, 1.54) is 0 Å². The van der Waals surface area contributed by atoms with Gasteiger partial charge in [0, 0.05) is 0 Å². The van der Waals surface area contributed by atoms with Crippen molar-refractivity contribution in [2.45, 2.75) is 0 Å². The van der Waals surface area contributed by atoms with Crippen LogP contribution in [0.4, 0.5) is 22.0 Å². The number of aromatic nitrogens is 1. The normalized spacial score (nSPS) is 9.15. The molecule has 0 saturated heterocycles. The molecule has 0 atom stereocenters. The highest BCUT2D eigenvalue weighted by atomic mass is 127. The molecule has 0 aliphatic heterocycles. The molecule has 0 spiro atoms. The van der Waals surface area contributed by atoms with E-state index in [0.29, 0.717) is 0 Å². The van der Waals surface area contributed by atoms with Crippen LogP contribution in [0, 0.1) is 29.3 Å². The van der Waals surface area contributed by atoms with Gasteiger partial charge in [-0.3, -0.25) is 0 Å². The highest BCUT2D eigenvalue weighted by Crippen LogP contribution is 2.13. The monoisotopic (exact) mass is 311 g/mol. The molecule has 0 unspecified atom stereocenters. The van der Waals surface area contributed by atoms with E-state index in [1.54, 1.807) is 0 Å². The molecule has 1 nitrogen and oxygen atoms in total. The van der Waals surface area contributed by atoms with Crippen LogP contribution in [0.2, 0.25) is 0 Å². The van der Waals surface area contributed by atoms with Crippen LogP contribution >= 0.6 is 22.6 Å². The van der Waals surface area contributed by atoms with Gasteiger partial charge in [0.15, 0.2) is 0 Å². The van der Waals surface area contributed by atoms with E-state index in [4.69, 9.17) is 0 Å².